The van der Waals surface area contributed by atoms with Crippen molar-refractivity contribution in [3.63, 3.8) is 0 Å². The minimum atomic E-state index is -0.196. The molecule has 0 aromatic carbocycles. The summed E-state index contributed by atoms with van der Waals surface area (Å²) in [5.41, 5.74) is 0. The van der Waals surface area contributed by atoms with Gasteiger partial charge in [0.15, 0.2) is 0 Å². The van der Waals surface area contributed by atoms with Gasteiger partial charge < -0.3 is 10.2 Å². The van der Waals surface area contributed by atoms with Gasteiger partial charge in [0, 0.05) is 19.0 Å². The van der Waals surface area contributed by atoms with E-state index in [4.69, 9.17) is 0 Å². The number of nitrogens with one attached hydrogen (secondary N) is 1. The van der Waals surface area contributed by atoms with Gasteiger partial charge in [0.1, 0.15) is 0 Å². The molecule has 0 bridgehead atoms. The summed E-state index contributed by atoms with van der Waals surface area (Å²) >= 11 is 0. The highest BCUT2D eigenvalue weighted by molar-refractivity contribution is 5.88. The third-order valence-corrected chi connectivity index (χ3v) is 3.16. The molecule has 3 atom stereocenters. The average Bonchev–Trinajstić information content (AvgIpc) is 2.79. The van der Waals surface area contributed by atoms with E-state index >= 15 is 0 Å². The predicted molar refractivity (Wildman–Crippen MR) is 56.0 cm³/mol. The van der Waals surface area contributed by atoms with E-state index < -0.39 is 0 Å². The Morgan fingerprint density at radius 3 is 2.87 bits per heavy atom. The number of likely N-dealkylation sites (tertiary alicyclic amines) is 1. The standard InChI is InChI=1S/C11H16N2O2/c1-3-10(14)12-8-5-11(15)13(6-8)9-4-7(9)2/h3,7-9H,1,4-6H2,2H3,(H,12,14). The van der Waals surface area contributed by atoms with Crippen LogP contribution in [0.5, 0.6) is 0 Å². The largest absolute Gasteiger partial charge is 0.348 e. The molecule has 1 saturated carbocycles. The molecule has 1 heterocycles. The molecular formula is C11H16N2O2. The fourth-order valence-corrected chi connectivity index (χ4v) is 2.15. The molecule has 2 aliphatic rings. The van der Waals surface area contributed by atoms with Gasteiger partial charge >= 0.3 is 0 Å². The van der Waals surface area contributed by atoms with Crippen LogP contribution >= 0.6 is 0 Å². The van der Waals surface area contributed by atoms with Gasteiger partial charge in [-0.2, -0.15) is 0 Å². The molecule has 0 spiro atoms. The number of hydrogen-bond donors (Lipinski definition) is 1. The van der Waals surface area contributed by atoms with Crippen LogP contribution in [-0.2, 0) is 9.59 Å². The highest BCUT2D eigenvalue weighted by atomic mass is 16.2. The summed E-state index contributed by atoms with van der Waals surface area (Å²) in [5.74, 6) is 0.597. The van der Waals surface area contributed by atoms with E-state index in [0.717, 1.165) is 6.42 Å². The summed E-state index contributed by atoms with van der Waals surface area (Å²) in [4.78, 5) is 24.6. The lowest BCUT2D eigenvalue weighted by atomic mass is 10.2. The molecule has 2 amide bonds. The quantitative estimate of drug-likeness (QED) is 0.678. The van der Waals surface area contributed by atoms with E-state index in [-0.39, 0.29) is 17.9 Å². The normalized spacial score (nSPS) is 34.1. The van der Waals surface area contributed by atoms with Crippen molar-refractivity contribution in [1.82, 2.24) is 10.2 Å². The SMILES string of the molecule is C=CC(=O)NC1CC(=O)N(C2CC2C)C1. The molecule has 2 rings (SSSR count). The molecule has 1 saturated heterocycles. The Kier molecular flexibility index (Phi) is 2.50. The number of rotatable bonds is 3. The summed E-state index contributed by atoms with van der Waals surface area (Å²) < 4.78 is 0. The highest BCUT2D eigenvalue weighted by Gasteiger charge is 2.44. The van der Waals surface area contributed by atoms with Crippen molar-refractivity contribution in [2.75, 3.05) is 6.54 Å². The van der Waals surface area contributed by atoms with Crippen molar-refractivity contribution >= 4 is 11.8 Å². The number of carbonyl (C=O) groups excluding carboxylic acids is 2. The molecule has 3 unspecified atom stereocenters. The Hall–Kier alpha value is -1.32. The Balaban J connectivity index is 1.89. The zero-order valence-electron chi connectivity index (χ0n) is 8.90. The number of amides is 2. The predicted octanol–water partition coefficient (Wildman–Crippen LogP) is 0.298. The van der Waals surface area contributed by atoms with Gasteiger partial charge in [-0.15, -0.1) is 0 Å². The summed E-state index contributed by atoms with van der Waals surface area (Å²) in [7, 11) is 0. The highest BCUT2D eigenvalue weighted by Crippen LogP contribution is 2.37. The molecule has 0 radical (unpaired) electrons. The van der Waals surface area contributed by atoms with Gasteiger partial charge in [0.25, 0.3) is 0 Å². The first-order valence-corrected chi connectivity index (χ1v) is 5.34. The van der Waals surface area contributed by atoms with E-state index in [2.05, 4.69) is 18.8 Å². The van der Waals surface area contributed by atoms with Crippen molar-refractivity contribution in [3.05, 3.63) is 12.7 Å². The Labute approximate surface area is 89.3 Å². The molecule has 1 aliphatic heterocycles. The van der Waals surface area contributed by atoms with Crippen molar-refractivity contribution in [1.29, 1.82) is 0 Å². The van der Waals surface area contributed by atoms with Crippen LogP contribution in [0.3, 0.4) is 0 Å². The van der Waals surface area contributed by atoms with Crippen molar-refractivity contribution in [3.8, 4) is 0 Å². The summed E-state index contributed by atoms with van der Waals surface area (Å²) in [6.07, 6.45) is 2.78. The maximum absolute atomic E-state index is 11.6. The zero-order chi connectivity index (χ0) is 11.0. The Morgan fingerprint density at radius 2 is 2.33 bits per heavy atom. The average molecular weight is 208 g/mol. The molecule has 2 fully saturated rings. The lowest BCUT2D eigenvalue weighted by molar-refractivity contribution is -0.128. The monoisotopic (exact) mass is 208 g/mol. The van der Waals surface area contributed by atoms with Crippen LogP contribution in [0.2, 0.25) is 0 Å². The molecule has 1 N–H and O–H groups in total. The van der Waals surface area contributed by atoms with E-state index in [1.54, 1.807) is 0 Å². The second-order valence-electron chi connectivity index (χ2n) is 4.44. The van der Waals surface area contributed by atoms with Gasteiger partial charge in [-0.25, -0.2) is 0 Å². The molecule has 4 heteroatoms. The first-order chi connectivity index (χ1) is 7.11. The topological polar surface area (TPSA) is 49.4 Å². The van der Waals surface area contributed by atoms with Gasteiger partial charge in [0.05, 0.1) is 6.04 Å². The van der Waals surface area contributed by atoms with Crippen LogP contribution in [0.25, 0.3) is 0 Å². The van der Waals surface area contributed by atoms with Gasteiger partial charge in [0.2, 0.25) is 11.8 Å². The maximum Gasteiger partial charge on any atom is 0.243 e. The smallest absolute Gasteiger partial charge is 0.243 e. The molecule has 0 aromatic heterocycles. The molecule has 4 nitrogen and oxygen atoms in total. The van der Waals surface area contributed by atoms with Crippen LogP contribution in [0.15, 0.2) is 12.7 Å². The second kappa shape index (κ2) is 3.68. The summed E-state index contributed by atoms with van der Waals surface area (Å²) in [6.45, 7) is 6.20. The van der Waals surface area contributed by atoms with Crippen LogP contribution in [0.4, 0.5) is 0 Å². The molecule has 0 aromatic rings. The van der Waals surface area contributed by atoms with Crippen LogP contribution in [0, 0.1) is 5.92 Å². The lowest BCUT2D eigenvalue weighted by Crippen LogP contribution is -2.36. The van der Waals surface area contributed by atoms with E-state index in [9.17, 15) is 9.59 Å². The van der Waals surface area contributed by atoms with Crippen LogP contribution in [0.1, 0.15) is 19.8 Å². The molecular weight excluding hydrogens is 192 g/mol. The first kappa shape index (κ1) is 10.2. The fourth-order valence-electron chi connectivity index (χ4n) is 2.15. The summed E-state index contributed by atoms with van der Waals surface area (Å²) in [5, 5.41) is 2.77. The van der Waals surface area contributed by atoms with Crippen LogP contribution in [-0.4, -0.2) is 35.3 Å². The number of nitrogens with zero attached hydrogens (tertiary/aromatic N) is 1. The van der Waals surface area contributed by atoms with Crippen molar-refractivity contribution < 1.29 is 9.59 Å². The van der Waals surface area contributed by atoms with Crippen molar-refractivity contribution in [2.45, 2.75) is 31.8 Å². The van der Waals surface area contributed by atoms with Crippen molar-refractivity contribution in [2.24, 2.45) is 5.92 Å². The zero-order valence-corrected chi connectivity index (χ0v) is 8.90. The number of hydrogen-bond acceptors (Lipinski definition) is 2. The minimum Gasteiger partial charge on any atom is -0.348 e. The fraction of sp³-hybridized carbons (Fsp3) is 0.636. The van der Waals surface area contributed by atoms with E-state index in [0.29, 0.717) is 24.9 Å². The maximum atomic E-state index is 11.6. The van der Waals surface area contributed by atoms with Gasteiger partial charge in [-0.1, -0.05) is 13.5 Å². The van der Waals surface area contributed by atoms with E-state index in [1.807, 2.05) is 4.90 Å². The molecule has 82 valence electrons. The molecule has 15 heavy (non-hydrogen) atoms. The Morgan fingerprint density at radius 1 is 1.67 bits per heavy atom. The number of carbonyl (C=O) groups is 2. The van der Waals surface area contributed by atoms with Gasteiger partial charge in [-0.3, -0.25) is 9.59 Å². The van der Waals surface area contributed by atoms with Crippen LogP contribution < -0.4 is 5.32 Å². The Bertz CT molecular complexity index is 314. The third-order valence-electron chi connectivity index (χ3n) is 3.16. The lowest BCUT2D eigenvalue weighted by Gasteiger charge is -2.16. The molecule has 1 aliphatic carbocycles. The van der Waals surface area contributed by atoms with E-state index in [1.165, 1.54) is 6.08 Å². The second-order valence-corrected chi connectivity index (χ2v) is 4.44. The first-order valence-electron chi connectivity index (χ1n) is 5.34. The minimum absolute atomic E-state index is 0.0317. The third kappa shape index (κ3) is 2.03. The van der Waals surface area contributed by atoms with Gasteiger partial charge in [-0.05, 0) is 18.4 Å². The summed E-state index contributed by atoms with van der Waals surface area (Å²) in [6, 6.07) is 0.388.